The molecule has 0 aliphatic rings. The lowest BCUT2D eigenvalue weighted by molar-refractivity contribution is -0.148. The lowest BCUT2D eigenvalue weighted by Gasteiger charge is -2.18. The number of hydrogen-bond acceptors (Lipinski definition) is 3. The average molecular weight is 310 g/mol. The number of ketones is 1. The molecule has 3 heteroatoms. The molecule has 1 atom stereocenters. The van der Waals surface area contributed by atoms with Gasteiger partial charge in [-0.15, -0.1) is 0 Å². The molecule has 0 fully saturated rings. The Balaban J connectivity index is 2.27. The van der Waals surface area contributed by atoms with E-state index in [0.29, 0.717) is 17.5 Å². The van der Waals surface area contributed by atoms with Gasteiger partial charge in [0.2, 0.25) is 5.78 Å². The van der Waals surface area contributed by atoms with Crippen molar-refractivity contribution in [2.24, 2.45) is 5.92 Å². The minimum absolute atomic E-state index is 0.188. The third-order valence-corrected chi connectivity index (χ3v) is 3.50. The summed E-state index contributed by atoms with van der Waals surface area (Å²) in [6, 6.07) is 16.4. The lowest BCUT2D eigenvalue weighted by atomic mass is 9.99. The zero-order chi connectivity index (χ0) is 16.8. The second kappa shape index (κ2) is 7.73. The van der Waals surface area contributed by atoms with E-state index in [-0.39, 0.29) is 17.7 Å². The smallest absolute Gasteiger partial charge is 0.307 e. The highest BCUT2D eigenvalue weighted by Crippen LogP contribution is 2.24. The number of esters is 1. The van der Waals surface area contributed by atoms with Crippen LogP contribution in [0.1, 0.15) is 47.9 Å². The van der Waals surface area contributed by atoms with Crippen molar-refractivity contribution in [3.05, 3.63) is 71.3 Å². The Morgan fingerprint density at radius 2 is 1.57 bits per heavy atom. The van der Waals surface area contributed by atoms with Crippen LogP contribution in [0, 0.1) is 12.8 Å². The molecule has 0 saturated carbocycles. The fraction of sp³-hybridized carbons (Fsp3) is 0.300. The van der Waals surface area contributed by atoms with Crippen LogP contribution in [-0.2, 0) is 9.53 Å². The van der Waals surface area contributed by atoms with Crippen LogP contribution in [-0.4, -0.2) is 11.8 Å². The molecule has 0 radical (unpaired) electrons. The summed E-state index contributed by atoms with van der Waals surface area (Å²) in [4.78, 5) is 24.9. The summed E-state index contributed by atoms with van der Waals surface area (Å²) >= 11 is 0. The number of Topliss-reactive ketones (excluding diaryl/α,β-unsaturated/α-hetero) is 1. The van der Waals surface area contributed by atoms with Crippen molar-refractivity contribution < 1.29 is 14.3 Å². The number of carbonyl (C=O) groups is 2. The molecule has 23 heavy (non-hydrogen) atoms. The van der Waals surface area contributed by atoms with Crippen LogP contribution in [0.25, 0.3) is 0 Å². The molecular weight excluding hydrogens is 288 g/mol. The Kier molecular flexibility index (Phi) is 5.69. The SMILES string of the molecule is Cc1ccc(C(=O)C(OC(=O)CC(C)C)c2ccccc2)cc1. The number of aryl methyl sites for hydroxylation is 1. The maximum absolute atomic E-state index is 12.8. The van der Waals surface area contributed by atoms with Crippen molar-refractivity contribution in [3.8, 4) is 0 Å². The van der Waals surface area contributed by atoms with E-state index in [1.165, 1.54) is 0 Å². The van der Waals surface area contributed by atoms with Crippen molar-refractivity contribution in [3.63, 3.8) is 0 Å². The van der Waals surface area contributed by atoms with E-state index in [4.69, 9.17) is 4.74 Å². The minimum Gasteiger partial charge on any atom is -0.449 e. The number of benzene rings is 2. The van der Waals surface area contributed by atoms with Crippen molar-refractivity contribution in [1.82, 2.24) is 0 Å². The van der Waals surface area contributed by atoms with Crippen molar-refractivity contribution in [2.75, 3.05) is 0 Å². The summed E-state index contributed by atoms with van der Waals surface area (Å²) < 4.78 is 5.51. The third kappa shape index (κ3) is 4.78. The maximum Gasteiger partial charge on any atom is 0.307 e. The molecule has 120 valence electrons. The van der Waals surface area contributed by atoms with Crippen molar-refractivity contribution in [2.45, 2.75) is 33.3 Å². The van der Waals surface area contributed by atoms with Gasteiger partial charge in [-0.25, -0.2) is 0 Å². The molecular formula is C20H22O3. The van der Waals surface area contributed by atoms with E-state index >= 15 is 0 Å². The first kappa shape index (κ1) is 16.9. The van der Waals surface area contributed by atoms with Crippen LogP contribution < -0.4 is 0 Å². The average Bonchev–Trinajstić information content (AvgIpc) is 2.53. The van der Waals surface area contributed by atoms with Gasteiger partial charge in [-0.05, 0) is 12.8 Å². The summed E-state index contributed by atoms with van der Waals surface area (Å²) in [5.74, 6) is -0.365. The molecule has 0 bridgehead atoms. The van der Waals surface area contributed by atoms with Gasteiger partial charge in [0.15, 0.2) is 6.10 Å². The van der Waals surface area contributed by atoms with E-state index < -0.39 is 6.10 Å². The van der Waals surface area contributed by atoms with Gasteiger partial charge in [-0.1, -0.05) is 74.0 Å². The highest BCUT2D eigenvalue weighted by atomic mass is 16.5. The van der Waals surface area contributed by atoms with Crippen LogP contribution in [0.15, 0.2) is 54.6 Å². The van der Waals surface area contributed by atoms with Gasteiger partial charge in [0.1, 0.15) is 0 Å². The molecule has 0 heterocycles. The van der Waals surface area contributed by atoms with Gasteiger partial charge in [0.25, 0.3) is 0 Å². The minimum atomic E-state index is -0.898. The number of hydrogen-bond donors (Lipinski definition) is 0. The number of ether oxygens (including phenoxy) is 1. The van der Waals surface area contributed by atoms with Gasteiger partial charge in [-0.3, -0.25) is 9.59 Å². The zero-order valence-corrected chi connectivity index (χ0v) is 13.8. The predicted octanol–water partition coefficient (Wildman–Crippen LogP) is 4.51. The molecule has 0 amide bonds. The van der Waals surface area contributed by atoms with Crippen LogP contribution in [0.2, 0.25) is 0 Å². The van der Waals surface area contributed by atoms with E-state index in [9.17, 15) is 9.59 Å². The fourth-order valence-electron chi connectivity index (χ4n) is 2.28. The van der Waals surface area contributed by atoms with Crippen LogP contribution in [0.4, 0.5) is 0 Å². The first-order valence-corrected chi connectivity index (χ1v) is 7.82. The molecule has 2 aromatic rings. The summed E-state index contributed by atoms with van der Waals surface area (Å²) in [6.45, 7) is 5.85. The maximum atomic E-state index is 12.8. The van der Waals surface area contributed by atoms with Gasteiger partial charge >= 0.3 is 5.97 Å². The first-order valence-electron chi connectivity index (χ1n) is 7.82. The van der Waals surface area contributed by atoms with Crippen molar-refractivity contribution in [1.29, 1.82) is 0 Å². The Morgan fingerprint density at radius 1 is 0.957 bits per heavy atom. The molecule has 2 rings (SSSR count). The van der Waals surface area contributed by atoms with Crippen LogP contribution in [0.3, 0.4) is 0 Å². The quantitative estimate of drug-likeness (QED) is 0.582. The van der Waals surface area contributed by atoms with Gasteiger partial charge in [0.05, 0.1) is 0 Å². The van der Waals surface area contributed by atoms with E-state index in [0.717, 1.165) is 5.56 Å². The van der Waals surface area contributed by atoms with Crippen LogP contribution >= 0.6 is 0 Å². The first-order chi connectivity index (χ1) is 11.0. The summed E-state index contributed by atoms with van der Waals surface area (Å²) in [5.41, 5.74) is 2.31. The second-order valence-electron chi connectivity index (χ2n) is 6.11. The molecule has 0 N–H and O–H groups in total. The monoisotopic (exact) mass is 310 g/mol. The highest BCUT2D eigenvalue weighted by Gasteiger charge is 2.26. The summed E-state index contributed by atoms with van der Waals surface area (Å²) in [6.07, 6.45) is -0.602. The fourth-order valence-corrected chi connectivity index (χ4v) is 2.28. The van der Waals surface area contributed by atoms with Gasteiger partial charge < -0.3 is 4.74 Å². The molecule has 0 aromatic heterocycles. The molecule has 1 unspecified atom stereocenters. The highest BCUT2D eigenvalue weighted by molar-refractivity contribution is 6.01. The topological polar surface area (TPSA) is 43.4 Å². The zero-order valence-electron chi connectivity index (χ0n) is 13.8. The Hall–Kier alpha value is -2.42. The molecule has 0 aliphatic heterocycles. The predicted molar refractivity (Wildman–Crippen MR) is 90.2 cm³/mol. The number of rotatable bonds is 6. The summed E-state index contributed by atoms with van der Waals surface area (Å²) in [5, 5.41) is 0. The molecule has 0 aliphatic carbocycles. The molecule has 3 nitrogen and oxygen atoms in total. The Bertz CT molecular complexity index is 657. The molecule has 0 saturated heterocycles. The summed E-state index contributed by atoms with van der Waals surface area (Å²) in [7, 11) is 0. The van der Waals surface area contributed by atoms with E-state index in [2.05, 4.69) is 0 Å². The lowest BCUT2D eigenvalue weighted by Crippen LogP contribution is -2.21. The second-order valence-corrected chi connectivity index (χ2v) is 6.11. The normalized spacial score (nSPS) is 12.0. The Morgan fingerprint density at radius 3 is 2.13 bits per heavy atom. The molecule has 2 aromatic carbocycles. The van der Waals surface area contributed by atoms with Gasteiger partial charge in [-0.2, -0.15) is 0 Å². The van der Waals surface area contributed by atoms with Crippen LogP contribution in [0.5, 0.6) is 0 Å². The number of carbonyl (C=O) groups excluding carboxylic acids is 2. The van der Waals surface area contributed by atoms with Crippen molar-refractivity contribution >= 4 is 11.8 Å². The van der Waals surface area contributed by atoms with E-state index in [1.807, 2.05) is 51.1 Å². The third-order valence-electron chi connectivity index (χ3n) is 3.50. The van der Waals surface area contributed by atoms with E-state index in [1.54, 1.807) is 24.3 Å². The standard InChI is InChI=1S/C20H22O3/c1-14(2)13-18(21)23-20(17-7-5-4-6-8-17)19(22)16-11-9-15(3)10-12-16/h4-12,14,20H,13H2,1-3H3. The largest absolute Gasteiger partial charge is 0.449 e. The molecule has 0 spiro atoms. The van der Waals surface area contributed by atoms with Gasteiger partial charge in [0, 0.05) is 17.5 Å². The Labute approximate surface area is 137 Å².